The highest BCUT2D eigenvalue weighted by molar-refractivity contribution is 5.83. The van der Waals surface area contributed by atoms with Crippen LogP contribution in [0.1, 0.15) is 12.8 Å². The molecule has 0 amide bonds. The summed E-state index contributed by atoms with van der Waals surface area (Å²) in [4.78, 5) is 30.7. The van der Waals surface area contributed by atoms with Crippen molar-refractivity contribution in [2.24, 2.45) is 0 Å². The summed E-state index contributed by atoms with van der Waals surface area (Å²) in [6.07, 6.45) is -2.93. The molecule has 2 atom stereocenters. The Labute approximate surface area is 84.1 Å². The van der Waals surface area contributed by atoms with Crippen LogP contribution in [0.15, 0.2) is 0 Å². The third-order valence-electron chi connectivity index (χ3n) is 1.49. The molecule has 0 aliphatic rings. The molecular formula is C7H11NO7. The first-order valence-corrected chi connectivity index (χ1v) is 3.89. The van der Waals surface area contributed by atoms with Crippen molar-refractivity contribution in [2.75, 3.05) is 0 Å². The van der Waals surface area contributed by atoms with Crippen molar-refractivity contribution >= 4 is 18.2 Å². The van der Waals surface area contributed by atoms with E-state index in [1.165, 1.54) is 0 Å². The largest absolute Gasteiger partial charge is 0.481 e. The predicted molar refractivity (Wildman–Crippen MR) is 44.7 cm³/mol. The lowest BCUT2D eigenvalue weighted by atomic mass is 10.1. The Morgan fingerprint density at radius 1 is 1.40 bits per heavy atom. The molecule has 0 rings (SSSR count). The molecular weight excluding hydrogens is 210 g/mol. The second-order valence-corrected chi connectivity index (χ2v) is 2.80. The number of carboxylic acid groups (broad SMARTS) is 2. The standard InChI is InChI=1S/C7H11NO7/c9-2-1-4(10)8-7(15,6(13)14)3-5(11)12/h2,4,8,10,15H,1,3H2,(H,11,12)(H,13,14)/t4-,7+/m0/s1. The SMILES string of the molecule is O=CC[C@H](O)N[C@@](O)(CC(=O)O)C(=O)O. The first-order chi connectivity index (χ1) is 6.81. The van der Waals surface area contributed by atoms with Gasteiger partial charge in [0.05, 0.1) is 6.42 Å². The molecule has 0 aromatic heterocycles. The molecule has 86 valence electrons. The van der Waals surface area contributed by atoms with Gasteiger partial charge in [0.25, 0.3) is 0 Å². The van der Waals surface area contributed by atoms with E-state index >= 15 is 0 Å². The zero-order valence-corrected chi connectivity index (χ0v) is 7.58. The lowest BCUT2D eigenvalue weighted by Crippen LogP contribution is -2.57. The molecule has 15 heavy (non-hydrogen) atoms. The van der Waals surface area contributed by atoms with E-state index < -0.39 is 36.7 Å². The number of hydrogen-bond acceptors (Lipinski definition) is 6. The lowest BCUT2D eigenvalue weighted by molar-refractivity contribution is -0.173. The number of aliphatic carboxylic acids is 2. The van der Waals surface area contributed by atoms with Gasteiger partial charge in [0.2, 0.25) is 5.72 Å². The van der Waals surface area contributed by atoms with Crippen LogP contribution in [0.25, 0.3) is 0 Å². The highest BCUT2D eigenvalue weighted by Crippen LogP contribution is 2.08. The fourth-order valence-corrected chi connectivity index (χ4v) is 0.833. The molecule has 0 unspecified atom stereocenters. The summed E-state index contributed by atoms with van der Waals surface area (Å²) in [5.74, 6) is -3.42. The van der Waals surface area contributed by atoms with Crippen molar-refractivity contribution in [3.05, 3.63) is 0 Å². The fraction of sp³-hybridized carbons (Fsp3) is 0.571. The molecule has 0 fully saturated rings. The summed E-state index contributed by atoms with van der Waals surface area (Å²) in [7, 11) is 0. The number of nitrogens with one attached hydrogen (secondary N) is 1. The smallest absolute Gasteiger partial charge is 0.351 e. The van der Waals surface area contributed by atoms with Gasteiger partial charge in [0.1, 0.15) is 12.5 Å². The Morgan fingerprint density at radius 3 is 2.27 bits per heavy atom. The quantitative estimate of drug-likeness (QED) is 0.239. The molecule has 0 spiro atoms. The maximum absolute atomic E-state index is 10.5. The van der Waals surface area contributed by atoms with E-state index in [4.69, 9.17) is 15.3 Å². The van der Waals surface area contributed by atoms with Crippen LogP contribution in [0.3, 0.4) is 0 Å². The van der Waals surface area contributed by atoms with E-state index in [1.807, 2.05) is 0 Å². The van der Waals surface area contributed by atoms with Crippen LogP contribution in [-0.4, -0.2) is 50.6 Å². The van der Waals surface area contributed by atoms with Gasteiger partial charge >= 0.3 is 11.9 Å². The van der Waals surface area contributed by atoms with Crippen LogP contribution in [0.2, 0.25) is 0 Å². The number of hydrogen-bond donors (Lipinski definition) is 5. The summed E-state index contributed by atoms with van der Waals surface area (Å²) in [5, 5.41) is 36.9. The number of carboxylic acids is 2. The van der Waals surface area contributed by atoms with Crippen LogP contribution >= 0.6 is 0 Å². The van der Waals surface area contributed by atoms with Crippen LogP contribution in [-0.2, 0) is 14.4 Å². The average molecular weight is 221 g/mol. The minimum absolute atomic E-state index is 0.292. The minimum Gasteiger partial charge on any atom is -0.481 e. The monoisotopic (exact) mass is 221 g/mol. The summed E-state index contributed by atoms with van der Waals surface area (Å²) >= 11 is 0. The van der Waals surface area contributed by atoms with Crippen molar-refractivity contribution < 1.29 is 34.8 Å². The van der Waals surface area contributed by atoms with Crippen LogP contribution in [0.4, 0.5) is 0 Å². The Balaban J connectivity index is 4.57. The van der Waals surface area contributed by atoms with E-state index in [0.29, 0.717) is 6.29 Å². The second-order valence-electron chi connectivity index (χ2n) is 2.80. The van der Waals surface area contributed by atoms with Crippen molar-refractivity contribution in [1.82, 2.24) is 5.32 Å². The van der Waals surface area contributed by atoms with E-state index in [9.17, 15) is 19.5 Å². The zero-order chi connectivity index (χ0) is 12.1. The number of carbonyl (C=O) groups is 3. The number of aldehydes is 1. The van der Waals surface area contributed by atoms with Crippen molar-refractivity contribution in [3.63, 3.8) is 0 Å². The molecule has 0 aromatic rings. The Hall–Kier alpha value is -1.51. The van der Waals surface area contributed by atoms with Gasteiger partial charge in [-0.2, -0.15) is 0 Å². The first kappa shape index (κ1) is 13.5. The van der Waals surface area contributed by atoms with Gasteiger partial charge in [-0.15, -0.1) is 0 Å². The maximum atomic E-state index is 10.5. The summed E-state index contributed by atoms with van der Waals surface area (Å²) in [6.45, 7) is 0. The van der Waals surface area contributed by atoms with Gasteiger partial charge < -0.3 is 25.2 Å². The number of aliphatic hydroxyl groups is 2. The third-order valence-corrected chi connectivity index (χ3v) is 1.49. The highest BCUT2D eigenvalue weighted by Gasteiger charge is 2.40. The van der Waals surface area contributed by atoms with Gasteiger partial charge in [0.15, 0.2) is 0 Å². The second kappa shape index (κ2) is 5.39. The summed E-state index contributed by atoms with van der Waals surface area (Å²) < 4.78 is 0. The van der Waals surface area contributed by atoms with Crippen molar-refractivity contribution in [1.29, 1.82) is 0 Å². The van der Waals surface area contributed by atoms with Gasteiger partial charge in [-0.25, -0.2) is 4.79 Å². The van der Waals surface area contributed by atoms with E-state index in [2.05, 4.69) is 0 Å². The molecule has 8 heteroatoms. The predicted octanol–water partition coefficient (Wildman–Crippen LogP) is -2.27. The molecule has 0 saturated carbocycles. The van der Waals surface area contributed by atoms with E-state index in [-0.39, 0.29) is 0 Å². The van der Waals surface area contributed by atoms with Crippen molar-refractivity contribution in [2.45, 2.75) is 24.8 Å². The molecule has 0 aliphatic heterocycles. The van der Waals surface area contributed by atoms with Crippen LogP contribution in [0, 0.1) is 0 Å². The minimum atomic E-state index is -2.80. The molecule has 8 nitrogen and oxygen atoms in total. The molecule has 0 saturated heterocycles. The number of aliphatic hydroxyl groups excluding tert-OH is 1. The molecule has 0 heterocycles. The van der Waals surface area contributed by atoms with Crippen molar-refractivity contribution in [3.8, 4) is 0 Å². The molecule has 0 aromatic carbocycles. The highest BCUT2D eigenvalue weighted by atomic mass is 16.4. The fourth-order valence-electron chi connectivity index (χ4n) is 0.833. The van der Waals surface area contributed by atoms with Crippen LogP contribution < -0.4 is 5.32 Å². The Kier molecular flexibility index (Phi) is 4.85. The molecule has 0 aliphatic carbocycles. The van der Waals surface area contributed by atoms with Crippen LogP contribution in [0.5, 0.6) is 0 Å². The molecule has 5 N–H and O–H groups in total. The Morgan fingerprint density at radius 2 is 1.93 bits per heavy atom. The maximum Gasteiger partial charge on any atom is 0.351 e. The van der Waals surface area contributed by atoms with Gasteiger partial charge in [-0.3, -0.25) is 10.1 Å². The lowest BCUT2D eigenvalue weighted by Gasteiger charge is -2.25. The number of rotatable bonds is 7. The third kappa shape index (κ3) is 4.49. The summed E-state index contributed by atoms with van der Waals surface area (Å²) in [6, 6.07) is 0. The molecule has 0 bridgehead atoms. The normalized spacial score (nSPS) is 16.4. The first-order valence-electron chi connectivity index (χ1n) is 3.89. The van der Waals surface area contributed by atoms with E-state index in [0.717, 1.165) is 0 Å². The zero-order valence-electron chi connectivity index (χ0n) is 7.58. The van der Waals surface area contributed by atoms with Gasteiger partial charge in [0, 0.05) is 6.42 Å². The summed E-state index contributed by atoms with van der Waals surface area (Å²) in [5.41, 5.74) is -2.80. The van der Waals surface area contributed by atoms with Gasteiger partial charge in [-0.05, 0) is 0 Å². The van der Waals surface area contributed by atoms with E-state index in [1.54, 1.807) is 5.32 Å². The van der Waals surface area contributed by atoms with Gasteiger partial charge in [-0.1, -0.05) is 0 Å². The Bertz CT molecular complexity index is 266. The average Bonchev–Trinajstić information content (AvgIpc) is 2.01. The molecule has 0 radical (unpaired) electrons. The number of carbonyl (C=O) groups excluding carboxylic acids is 1. The topological polar surface area (TPSA) is 144 Å².